The number of carbonyl (C=O) groups excluding carboxylic acids is 1. The Morgan fingerprint density at radius 3 is 2.62 bits per heavy atom. The van der Waals surface area contributed by atoms with Crippen molar-refractivity contribution >= 4 is 17.6 Å². The molecule has 1 aliphatic carbocycles. The number of nitrogens with zero attached hydrogens (tertiary/aromatic N) is 1. The number of aliphatic carboxylic acids is 1. The Morgan fingerprint density at radius 2 is 1.90 bits per heavy atom. The van der Waals surface area contributed by atoms with Crippen LogP contribution in [0.25, 0.3) is 0 Å². The molecule has 0 bridgehead atoms. The number of benzene rings is 1. The molecule has 1 aromatic rings. The van der Waals surface area contributed by atoms with Gasteiger partial charge in [-0.25, -0.2) is 0 Å². The molecule has 1 fully saturated rings. The Kier molecular flexibility index (Phi) is 3.68. The van der Waals surface area contributed by atoms with Gasteiger partial charge in [0.1, 0.15) is 5.92 Å². The zero-order chi connectivity index (χ0) is 15.0. The maximum atomic E-state index is 12.8. The van der Waals surface area contributed by atoms with Gasteiger partial charge < -0.3 is 15.7 Å². The standard InChI is InChI=1S/C16H20N2O3/c17-13-7-3-1-6-11(13)15(19)18-9-12(16(20)21)10-5-2-4-8-14(10)18/h2,4-5,8,11-13H,1,3,6-7,9,17H2,(H,20,21). The van der Waals surface area contributed by atoms with Crippen LogP contribution in [0.4, 0.5) is 5.69 Å². The van der Waals surface area contributed by atoms with Crippen LogP contribution < -0.4 is 10.6 Å². The van der Waals surface area contributed by atoms with Crippen molar-refractivity contribution in [3.63, 3.8) is 0 Å². The SMILES string of the molecule is NC1CCCCC1C(=O)N1CC(C(=O)O)c2ccccc21. The second-order valence-corrected chi connectivity index (χ2v) is 5.95. The summed E-state index contributed by atoms with van der Waals surface area (Å²) in [6.45, 7) is 0.219. The van der Waals surface area contributed by atoms with Gasteiger partial charge >= 0.3 is 5.97 Å². The first kappa shape index (κ1) is 14.1. The van der Waals surface area contributed by atoms with Crippen molar-refractivity contribution in [3.8, 4) is 0 Å². The zero-order valence-electron chi connectivity index (χ0n) is 11.9. The lowest BCUT2D eigenvalue weighted by Gasteiger charge is -2.31. The van der Waals surface area contributed by atoms with Crippen LogP contribution in [0.2, 0.25) is 0 Å². The average Bonchev–Trinajstić information content (AvgIpc) is 2.87. The van der Waals surface area contributed by atoms with Gasteiger partial charge in [-0.2, -0.15) is 0 Å². The maximum Gasteiger partial charge on any atom is 0.312 e. The number of fused-ring (bicyclic) bond motifs is 1. The summed E-state index contributed by atoms with van der Waals surface area (Å²) < 4.78 is 0. The van der Waals surface area contributed by atoms with Crippen LogP contribution in [-0.2, 0) is 9.59 Å². The lowest BCUT2D eigenvalue weighted by Crippen LogP contribution is -2.45. The number of carboxylic acid groups (broad SMARTS) is 1. The van der Waals surface area contributed by atoms with Crippen molar-refractivity contribution in [3.05, 3.63) is 29.8 Å². The van der Waals surface area contributed by atoms with Gasteiger partial charge in [0.15, 0.2) is 0 Å². The Hall–Kier alpha value is -1.88. The zero-order valence-corrected chi connectivity index (χ0v) is 11.9. The van der Waals surface area contributed by atoms with Crippen molar-refractivity contribution in [2.75, 3.05) is 11.4 Å². The van der Waals surface area contributed by atoms with Gasteiger partial charge in [0.25, 0.3) is 0 Å². The monoisotopic (exact) mass is 288 g/mol. The summed E-state index contributed by atoms with van der Waals surface area (Å²) in [5.41, 5.74) is 7.55. The molecule has 3 unspecified atom stereocenters. The molecule has 3 atom stereocenters. The Labute approximate surface area is 123 Å². The van der Waals surface area contributed by atoms with E-state index >= 15 is 0 Å². The van der Waals surface area contributed by atoms with Gasteiger partial charge in [-0.1, -0.05) is 31.0 Å². The summed E-state index contributed by atoms with van der Waals surface area (Å²) in [5.74, 6) is -1.71. The molecule has 3 N–H and O–H groups in total. The van der Waals surface area contributed by atoms with E-state index in [0.717, 1.165) is 36.9 Å². The fourth-order valence-electron chi connectivity index (χ4n) is 3.49. The number of amides is 1. The lowest BCUT2D eigenvalue weighted by atomic mass is 9.84. The smallest absolute Gasteiger partial charge is 0.312 e. The highest BCUT2D eigenvalue weighted by atomic mass is 16.4. The van der Waals surface area contributed by atoms with Crippen LogP contribution in [0.15, 0.2) is 24.3 Å². The minimum Gasteiger partial charge on any atom is -0.481 e. The molecule has 1 amide bonds. The molecule has 1 heterocycles. The molecule has 1 aliphatic heterocycles. The third-order valence-corrected chi connectivity index (χ3v) is 4.67. The molecular formula is C16H20N2O3. The quantitative estimate of drug-likeness (QED) is 0.868. The predicted octanol–water partition coefficient (Wildman–Crippen LogP) is 1.72. The number of para-hydroxylation sites is 1. The van der Waals surface area contributed by atoms with Gasteiger partial charge in [0.05, 0.1) is 5.92 Å². The molecule has 0 radical (unpaired) electrons. The number of hydrogen-bond acceptors (Lipinski definition) is 3. The molecule has 112 valence electrons. The molecular weight excluding hydrogens is 268 g/mol. The number of nitrogens with two attached hydrogens (primary N) is 1. The van der Waals surface area contributed by atoms with Crippen LogP contribution in [-0.4, -0.2) is 29.6 Å². The number of carboxylic acids is 1. The fourth-order valence-corrected chi connectivity index (χ4v) is 3.49. The van der Waals surface area contributed by atoms with Crippen LogP contribution >= 0.6 is 0 Å². The van der Waals surface area contributed by atoms with E-state index in [1.165, 1.54) is 0 Å². The highest BCUT2D eigenvalue weighted by molar-refractivity contribution is 6.00. The first-order valence-electron chi connectivity index (χ1n) is 7.48. The summed E-state index contributed by atoms with van der Waals surface area (Å²) in [4.78, 5) is 25.8. The number of anilines is 1. The van der Waals surface area contributed by atoms with E-state index < -0.39 is 11.9 Å². The summed E-state index contributed by atoms with van der Waals surface area (Å²) in [6, 6.07) is 7.16. The van der Waals surface area contributed by atoms with Gasteiger partial charge in [0, 0.05) is 18.3 Å². The minimum atomic E-state index is -0.884. The van der Waals surface area contributed by atoms with Crippen LogP contribution in [0.5, 0.6) is 0 Å². The van der Waals surface area contributed by atoms with Crippen molar-refractivity contribution in [2.45, 2.75) is 37.6 Å². The first-order chi connectivity index (χ1) is 10.1. The van der Waals surface area contributed by atoms with E-state index in [9.17, 15) is 14.7 Å². The molecule has 5 heteroatoms. The maximum absolute atomic E-state index is 12.8. The highest BCUT2D eigenvalue weighted by Gasteiger charge is 2.40. The number of hydrogen-bond donors (Lipinski definition) is 2. The topological polar surface area (TPSA) is 83.6 Å². The van der Waals surface area contributed by atoms with E-state index in [1.54, 1.807) is 11.0 Å². The van der Waals surface area contributed by atoms with Gasteiger partial charge in [-0.15, -0.1) is 0 Å². The van der Waals surface area contributed by atoms with E-state index in [2.05, 4.69) is 0 Å². The molecule has 5 nitrogen and oxygen atoms in total. The van der Waals surface area contributed by atoms with Crippen molar-refractivity contribution in [2.24, 2.45) is 11.7 Å². The summed E-state index contributed by atoms with van der Waals surface area (Å²) in [6.07, 6.45) is 3.76. The Balaban J connectivity index is 1.89. The molecule has 2 aliphatic rings. The average molecular weight is 288 g/mol. The first-order valence-corrected chi connectivity index (χ1v) is 7.48. The summed E-state index contributed by atoms with van der Waals surface area (Å²) in [7, 11) is 0. The minimum absolute atomic E-state index is 0.0154. The van der Waals surface area contributed by atoms with E-state index in [4.69, 9.17) is 5.73 Å². The fraction of sp³-hybridized carbons (Fsp3) is 0.500. The largest absolute Gasteiger partial charge is 0.481 e. The van der Waals surface area contributed by atoms with Crippen molar-refractivity contribution in [1.29, 1.82) is 0 Å². The number of carbonyl (C=O) groups is 2. The molecule has 0 aromatic heterocycles. The summed E-state index contributed by atoms with van der Waals surface area (Å²) >= 11 is 0. The molecule has 0 saturated heterocycles. The van der Waals surface area contributed by atoms with Crippen molar-refractivity contribution < 1.29 is 14.7 Å². The Morgan fingerprint density at radius 1 is 1.19 bits per heavy atom. The molecule has 0 spiro atoms. The van der Waals surface area contributed by atoms with Crippen LogP contribution in [0, 0.1) is 5.92 Å². The highest BCUT2D eigenvalue weighted by Crippen LogP contribution is 2.38. The van der Waals surface area contributed by atoms with Gasteiger partial charge in [0.2, 0.25) is 5.91 Å². The third kappa shape index (κ3) is 2.42. The van der Waals surface area contributed by atoms with Gasteiger partial charge in [-0.05, 0) is 24.5 Å². The summed E-state index contributed by atoms with van der Waals surface area (Å²) in [5, 5.41) is 9.36. The predicted molar refractivity (Wildman–Crippen MR) is 79.1 cm³/mol. The van der Waals surface area contributed by atoms with Crippen LogP contribution in [0.3, 0.4) is 0 Å². The Bertz CT molecular complexity index is 572. The van der Waals surface area contributed by atoms with Crippen LogP contribution in [0.1, 0.15) is 37.2 Å². The second-order valence-electron chi connectivity index (χ2n) is 5.95. The molecule has 1 saturated carbocycles. The molecule has 21 heavy (non-hydrogen) atoms. The number of rotatable bonds is 2. The third-order valence-electron chi connectivity index (χ3n) is 4.67. The van der Waals surface area contributed by atoms with Gasteiger partial charge in [-0.3, -0.25) is 9.59 Å². The van der Waals surface area contributed by atoms with E-state index in [-0.39, 0.29) is 24.4 Å². The lowest BCUT2D eigenvalue weighted by molar-refractivity contribution is -0.138. The molecule has 3 rings (SSSR count). The van der Waals surface area contributed by atoms with E-state index in [1.807, 2.05) is 18.2 Å². The van der Waals surface area contributed by atoms with E-state index in [0.29, 0.717) is 0 Å². The van der Waals surface area contributed by atoms with Crippen molar-refractivity contribution in [1.82, 2.24) is 0 Å². The second kappa shape index (κ2) is 5.48. The normalized spacial score (nSPS) is 28.2. The molecule has 1 aromatic carbocycles.